The summed E-state index contributed by atoms with van der Waals surface area (Å²) in [5, 5.41) is 0. The van der Waals surface area contributed by atoms with Crippen LogP contribution in [-0.2, 0) is 4.79 Å². The maximum Gasteiger partial charge on any atom is 0.253 e. The van der Waals surface area contributed by atoms with Crippen molar-refractivity contribution in [1.82, 2.24) is 14.7 Å². The minimum absolute atomic E-state index is 0.0304. The Balaban J connectivity index is 1.71. The van der Waals surface area contributed by atoms with Crippen molar-refractivity contribution in [2.24, 2.45) is 5.41 Å². The highest BCUT2D eigenvalue weighted by molar-refractivity contribution is 5.94. The van der Waals surface area contributed by atoms with Crippen LogP contribution in [-0.4, -0.2) is 73.3 Å². The van der Waals surface area contributed by atoms with Crippen molar-refractivity contribution < 1.29 is 14.0 Å². The molecule has 0 N–H and O–H groups in total. The minimum Gasteiger partial charge on any atom is -0.341 e. The summed E-state index contributed by atoms with van der Waals surface area (Å²) in [5.74, 6) is -0.234. The predicted octanol–water partition coefficient (Wildman–Crippen LogP) is 2.54. The Kier molecular flexibility index (Phi) is 5.84. The molecule has 1 spiro atoms. The summed E-state index contributed by atoms with van der Waals surface area (Å²) in [6.45, 7) is 5.32. The number of halogens is 1. The Hall–Kier alpha value is -1.95. The molecule has 0 saturated carbocycles. The van der Waals surface area contributed by atoms with Crippen molar-refractivity contribution in [3.05, 3.63) is 35.1 Å². The highest BCUT2D eigenvalue weighted by atomic mass is 19.1. The van der Waals surface area contributed by atoms with Gasteiger partial charge in [0.25, 0.3) is 5.91 Å². The highest BCUT2D eigenvalue weighted by Crippen LogP contribution is 2.39. The van der Waals surface area contributed by atoms with E-state index in [4.69, 9.17) is 0 Å². The van der Waals surface area contributed by atoms with Crippen molar-refractivity contribution in [3.63, 3.8) is 0 Å². The van der Waals surface area contributed by atoms with E-state index in [0.29, 0.717) is 37.2 Å². The van der Waals surface area contributed by atoms with Crippen molar-refractivity contribution in [3.8, 4) is 0 Å². The average Bonchev–Trinajstić information content (AvgIpc) is 2.64. The molecule has 1 atom stereocenters. The van der Waals surface area contributed by atoms with E-state index in [1.54, 1.807) is 19.1 Å². The number of aryl methyl sites for hydroxylation is 1. The molecule has 2 aliphatic heterocycles. The second-order valence-corrected chi connectivity index (χ2v) is 8.41. The number of likely N-dealkylation sites (tertiary alicyclic amines) is 2. The first-order chi connectivity index (χ1) is 12.8. The van der Waals surface area contributed by atoms with Gasteiger partial charge in [0.05, 0.1) is 0 Å². The van der Waals surface area contributed by atoms with E-state index in [-0.39, 0.29) is 23.0 Å². The zero-order valence-corrected chi connectivity index (χ0v) is 16.6. The van der Waals surface area contributed by atoms with Crippen molar-refractivity contribution in [1.29, 1.82) is 0 Å². The van der Waals surface area contributed by atoms with Crippen LogP contribution >= 0.6 is 0 Å². The maximum absolute atomic E-state index is 13.9. The molecule has 148 valence electrons. The van der Waals surface area contributed by atoms with Crippen LogP contribution in [0.25, 0.3) is 0 Å². The molecule has 0 bridgehead atoms. The largest absolute Gasteiger partial charge is 0.341 e. The third kappa shape index (κ3) is 4.49. The molecule has 2 heterocycles. The first-order valence-corrected chi connectivity index (χ1v) is 9.78. The Bertz CT molecular complexity index is 721. The van der Waals surface area contributed by atoms with E-state index in [1.165, 1.54) is 6.07 Å². The van der Waals surface area contributed by atoms with Gasteiger partial charge in [0.15, 0.2) is 0 Å². The predicted molar refractivity (Wildman–Crippen MR) is 103 cm³/mol. The molecule has 2 aliphatic rings. The Labute approximate surface area is 161 Å². The van der Waals surface area contributed by atoms with Crippen LogP contribution in [0.3, 0.4) is 0 Å². The molecule has 5 nitrogen and oxygen atoms in total. The van der Waals surface area contributed by atoms with E-state index < -0.39 is 0 Å². The summed E-state index contributed by atoms with van der Waals surface area (Å²) >= 11 is 0. The molecule has 0 unspecified atom stereocenters. The summed E-state index contributed by atoms with van der Waals surface area (Å²) in [6, 6.07) is 4.70. The Morgan fingerprint density at radius 3 is 2.74 bits per heavy atom. The number of carbonyl (C=O) groups is 2. The zero-order chi connectivity index (χ0) is 19.6. The number of benzene rings is 1. The molecule has 0 aromatic heterocycles. The summed E-state index contributed by atoms with van der Waals surface area (Å²) in [7, 11) is 4.01. The van der Waals surface area contributed by atoms with Crippen molar-refractivity contribution in [2.75, 3.05) is 46.8 Å². The maximum atomic E-state index is 13.9. The molecule has 1 aromatic carbocycles. The fourth-order valence-corrected chi connectivity index (χ4v) is 4.25. The lowest BCUT2D eigenvalue weighted by atomic mass is 9.73. The van der Waals surface area contributed by atoms with Crippen molar-refractivity contribution >= 4 is 11.8 Å². The van der Waals surface area contributed by atoms with E-state index in [1.807, 2.05) is 23.9 Å². The van der Waals surface area contributed by atoms with Gasteiger partial charge in [-0.25, -0.2) is 4.39 Å². The summed E-state index contributed by atoms with van der Waals surface area (Å²) in [5.41, 5.74) is 0.924. The second-order valence-electron chi connectivity index (χ2n) is 8.41. The molecule has 2 saturated heterocycles. The quantitative estimate of drug-likeness (QED) is 0.812. The first-order valence-electron chi connectivity index (χ1n) is 9.78. The van der Waals surface area contributed by atoms with Crippen LogP contribution < -0.4 is 0 Å². The lowest BCUT2D eigenvalue weighted by Gasteiger charge is -2.48. The summed E-state index contributed by atoms with van der Waals surface area (Å²) in [4.78, 5) is 31.1. The van der Waals surface area contributed by atoms with Gasteiger partial charge in [-0.05, 0) is 58.0 Å². The van der Waals surface area contributed by atoms with Gasteiger partial charge in [-0.2, -0.15) is 0 Å². The summed E-state index contributed by atoms with van der Waals surface area (Å²) in [6.07, 6.45) is 3.34. The van der Waals surface area contributed by atoms with Gasteiger partial charge in [0.1, 0.15) is 5.82 Å². The van der Waals surface area contributed by atoms with Gasteiger partial charge in [-0.15, -0.1) is 0 Å². The second kappa shape index (κ2) is 7.97. The van der Waals surface area contributed by atoms with Crippen LogP contribution in [0.1, 0.15) is 41.6 Å². The van der Waals surface area contributed by atoms with Gasteiger partial charge in [0.2, 0.25) is 5.91 Å². The van der Waals surface area contributed by atoms with Gasteiger partial charge >= 0.3 is 0 Å². The van der Waals surface area contributed by atoms with Gasteiger partial charge < -0.3 is 14.7 Å². The van der Waals surface area contributed by atoms with Crippen LogP contribution in [0.15, 0.2) is 18.2 Å². The fraction of sp³-hybridized carbons (Fsp3) is 0.619. The number of piperidine rings is 2. The molecular formula is C21H30FN3O2. The molecule has 2 fully saturated rings. The third-order valence-electron chi connectivity index (χ3n) is 5.93. The normalized spacial score (nSPS) is 23.4. The number of carbonyl (C=O) groups excluding carboxylic acids is 2. The minimum atomic E-state index is -0.342. The number of likely N-dealkylation sites (N-methyl/N-ethyl adjacent to an activating group) is 1. The molecular weight excluding hydrogens is 345 g/mol. The molecule has 2 amide bonds. The van der Waals surface area contributed by atoms with Crippen LogP contribution in [0.2, 0.25) is 0 Å². The number of amides is 2. The molecule has 0 radical (unpaired) electrons. The monoisotopic (exact) mass is 375 g/mol. The van der Waals surface area contributed by atoms with Gasteiger partial charge in [-0.3, -0.25) is 9.59 Å². The van der Waals surface area contributed by atoms with E-state index >= 15 is 0 Å². The van der Waals surface area contributed by atoms with Crippen molar-refractivity contribution in [2.45, 2.75) is 32.6 Å². The third-order valence-corrected chi connectivity index (χ3v) is 5.93. The van der Waals surface area contributed by atoms with Gasteiger partial charge in [0, 0.05) is 50.1 Å². The van der Waals surface area contributed by atoms with E-state index in [9.17, 15) is 14.0 Å². The Morgan fingerprint density at radius 2 is 2.04 bits per heavy atom. The lowest BCUT2D eigenvalue weighted by Crippen LogP contribution is -2.55. The zero-order valence-electron chi connectivity index (χ0n) is 16.6. The molecule has 6 heteroatoms. The lowest BCUT2D eigenvalue weighted by molar-refractivity contribution is -0.139. The molecule has 0 aliphatic carbocycles. The van der Waals surface area contributed by atoms with E-state index in [2.05, 4.69) is 4.90 Å². The Morgan fingerprint density at radius 1 is 1.26 bits per heavy atom. The number of rotatable bonds is 4. The van der Waals surface area contributed by atoms with E-state index in [0.717, 1.165) is 32.4 Å². The molecule has 1 aromatic rings. The molecule has 3 rings (SSSR count). The topological polar surface area (TPSA) is 43.9 Å². The first kappa shape index (κ1) is 19.8. The summed E-state index contributed by atoms with van der Waals surface area (Å²) < 4.78 is 13.9. The molecule has 27 heavy (non-hydrogen) atoms. The number of hydrogen-bond acceptors (Lipinski definition) is 3. The fourth-order valence-electron chi connectivity index (χ4n) is 4.25. The average molecular weight is 375 g/mol. The van der Waals surface area contributed by atoms with Crippen LogP contribution in [0.5, 0.6) is 0 Å². The SMILES string of the molecule is Cc1ccc(C(=O)N2CCC[C@]3(CCC(=O)N(CCN(C)C)C3)C2)cc1F. The van der Waals surface area contributed by atoms with Crippen LogP contribution in [0, 0.1) is 18.2 Å². The standard InChI is InChI=1S/C21H30FN3O2/c1-16-5-6-17(13-18(16)22)20(27)25-10-4-8-21(15-25)9-7-19(26)24(14-21)12-11-23(2)3/h5-6,13H,4,7-12,14-15H2,1-3H3/t21-/m1/s1. The number of nitrogens with zero attached hydrogens (tertiary/aromatic N) is 3. The smallest absolute Gasteiger partial charge is 0.253 e. The van der Waals surface area contributed by atoms with Crippen LogP contribution in [0.4, 0.5) is 4.39 Å². The highest BCUT2D eigenvalue weighted by Gasteiger charge is 2.42. The number of hydrogen-bond donors (Lipinski definition) is 0. The van der Waals surface area contributed by atoms with Gasteiger partial charge in [-0.1, -0.05) is 6.07 Å².